The Labute approximate surface area is 142 Å². The second-order valence-electron chi connectivity index (χ2n) is 6.58. The summed E-state index contributed by atoms with van der Waals surface area (Å²) in [5, 5.41) is 3.51. The Hall–Kier alpha value is -2.00. The minimum absolute atomic E-state index is 0.0396. The lowest BCUT2D eigenvalue weighted by Gasteiger charge is -2.19. The van der Waals surface area contributed by atoms with Crippen LogP contribution in [0.4, 0.5) is 5.69 Å². The molecule has 0 saturated heterocycles. The molecule has 0 aliphatic heterocycles. The molecule has 122 valence electrons. The summed E-state index contributed by atoms with van der Waals surface area (Å²) in [6, 6.07) is 13.2. The molecule has 0 fully saturated rings. The minimum Gasteiger partial charge on any atom is -0.484 e. The fourth-order valence-electron chi connectivity index (χ4n) is 2.11. The molecule has 0 radical (unpaired) electrons. The van der Waals surface area contributed by atoms with E-state index in [1.54, 1.807) is 12.1 Å². The predicted octanol–water partition coefficient (Wildman–Crippen LogP) is 4.96. The number of hydrogen-bond donors (Lipinski definition) is 1. The third-order valence-electron chi connectivity index (χ3n) is 3.53. The van der Waals surface area contributed by atoms with Crippen molar-refractivity contribution in [2.45, 2.75) is 33.1 Å². The van der Waals surface area contributed by atoms with Crippen molar-refractivity contribution in [3.63, 3.8) is 0 Å². The lowest BCUT2D eigenvalue weighted by Crippen LogP contribution is -2.20. The first-order valence-corrected chi connectivity index (χ1v) is 7.93. The maximum atomic E-state index is 12.0. The molecule has 2 rings (SSSR count). The molecule has 0 unspecified atom stereocenters. The van der Waals surface area contributed by atoms with E-state index in [1.807, 2.05) is 37.3 Å². The number of aryl methyl sites for hydroxylation is 1. The molecule has 0 aliphatic rings. The number of benzene rings is 2. The normalized spacial score (nSPS) is 11.2. The van der Waals surface area contributed by atoms with Gasteiger partial charge in [-0.15, -0.1) is 0 Å². The zero-order chi connectivity index (χ0) is 17.0. The highest BCUT2D eigenvalue weighted by Gasteiger charge is 2.13. The Kier molecular flexibility index (Phi) is 5.32. The van der Waals surface area contributed by atoms with Gasteiger partial charge in [-0.1, -0.05) is 44.5 Å². The van der Waals surface area contributed by atoms with Crippen molar-refractivity contribution in [1.29, 1.82) is 0 Å². The van der Waals surface area contributed by atoms with Crippen molar-refractivity contribution >= 4 is 23.2 Å². The van der Waals surface area contributed by atoms with Gasteiger partial charge in [0.15, 0.2) is 6.61 Å². The SMILES string of the molecule is Cc1cc(OCC(=O)Nc2ccc(C(C)(C)C)cc2)ccc1Cl. The zero-order valence-corrected chi connectivity index (χ0v) is 14.7. The molecular weight excluding hydrogens is 310 g/mol. The molecule has 0 atom stereocenters. The van der Waals surface area contributed by atoms with Crippen LogP contribution in [0.15, 0.2) is 42.5 Å². The quantitative estimate of drug-likeness (QED) is 0.859. The Morgan fingerprint density at radius 2 is 1.78 bits per heavy atom. The molecule has 2 aromatic carbocycles. The molecule has 3 nitrogen and oxygen atoms in total. The lowest BCUT2D eigenvalue weighted by molar-refractivity contribution is -0.118. The topological polar surface area (TPSA) is 38.3 Å². The van der Waals surface area contributed by atoms with E-state index in [4.69, 9.17) is 16.3 Å². The van der Waals surface area contributed by atoms with Crippen molar-refractivity contribution in [3.05, 3.63) is 58.6 Å². The fraction of sp³-hybridized carbons (Fsp3) is 0.316. The molecule has 23 heavy (non-hydrogen) atoms. The number of amides is 1. The summed E-state index contributed by atoms with van der Waals surface area (Å²) in [7, 11) is 0. The summed E-state index contributed by atoms with van der Waals surface area (Å²) in [6.07, 6.45) is 0. The van der Waals surface area contributed by atoms with Crippen LogP contribution >= 0.6 is 11.6 Å². The number of carbonyl (C=O) groups is 1. The van der Waals surface area contributed by atoms with Gasteiger partial charge in [-0.05, 0) is 53.8 Å². The molecule has 1 amide bonds. The summed E-state index contributed by atoms with van der Waals surface area (Å²) in [5.74, 6) is 0.436. The number of anilines is 1. The summed E-state index contributed by atoms with van der Waals surface area (Å²) in [6.45, 7) is 8.32. The van der Waals surface area contributed by atoms with Gasteiger partial charge in [0.05, 0.1) is 0 Å². The second-order valence-corrected chi connectivity index (χ2v) is 6.98. The molecule has 4 heteroatoms. The number of halogens is 1. The highest BCUT2D eigenvalue weighted by molar-refractivity contribution is 6.31. The number of rotatable bonds is 4. The Morgan fingerprint density at radius 1 is 1.13 bits per heavy atom. The molecule has 0 saturated carbocycles. The molecule has 0 spiro atoms. The Balaban J connectivity index is 1.90. The molecule has 0 heterocycles. The standard InChI is InChI=1S/C19H22ClNO2/c1-13-11-16(9-10-17(13)20)23-12-18(22)21-15-7-5-14(6-8-15)19(2,3)4/h5-11H,12H2,1-4H3,(H,21,22). The average molecular weight is 332 g/mol. The van der Waals surface area contributed by atoms with Gasteiger partial charge in [0.2, 0.25) is 0 Å². The van der Waals surface area contributed by atoms with Gasteiger partial charge in [0.25, 0.3) is 5.91 Å². The van der Waals surface area contributed by atoms with Crippen molar-refractivity contribution in [2.24, 2.45) is 0 Å². The van der Waals surface area contributed by atoms with Gasteiger partial charge in [0, 0.05) is 10.7 Å². The van der Waals surface area contributed by atoms with E-state index in [0.29, 0.717) is 10.8 Å². The summed E-state index contributed by atoms with van der Waals surface area (Å²) in [4.78, 5) is 12.0. The van der Waals surface area contributed by atoms with Crippen molar-refractivity contribution in [3.8, 4) is 5.75 Å². The molecule has 0 bridgehead atoms. The van der Waals surface area contributed by atoms with Crippen LogP contribution in [0, 0.1) is 6.92 Å². The molecule has 0 aromatic heterocycles. The van der Waals surface area contributed by atoms with E-state index >= 15 is 0 Å². The summed E-state index contributed by atoms with van der Waals surface area (Å²) < 4.78 is 5.48. The predicted molar refractivity (Wildman–Crippen MR) is 95.5 cm³/mol. The maximum Gasteiger partial charge on any atom is 0.262 e. The van der Waals surface area contributed by atoms with Gasteiger partial charge in [-0.25, -0.2) is 0 Å². The number of nitrogens with one attached hydrogen (secondary N) is 1. The first-order valence-electron chi connectivity index (χ1n) is 7.55. The van der Waals surface area contributed by atoms with Gasteiger partial charge in [0.1, 0.15) is 5.75 Å². The van der Waals surface area contributed by atoms with Crippen LogP contribution in [0.2, 0.25) is 5.02 Å². The smallest absolute Gasteiger partial charge is 0.262 e. The first-order chi connectivity index (χ1) is 10.8. The van der Waals surface area contributed by atoms with Crippen LogP contribution in [-0.2, 0) is 10.2 Å². The van der Waals surface area contributed by atoms with Crippen LogP contribution < -0.4 is 10.1 Å². The maximum absolute atomic E-state index is 12.0. The number of ether oxygens (including phenoxy) is 1. The van der Waals surface area contributed by atoms with Crippen LogP contribution in [0.3, 0.4) is 0 Å². The van der Waals surface area contributed by atoms with E-state index in [0.717, 1.165) is 11.3 Å². The van der Waals surface area contributed by atoms with Gasteiger partial charge < -0.3 is 10.1 Å². The monoisotopic (exact) mass is 331 g/mol. The fourth-order valence-corrected chi connectivity index (χ4v) is 2.22. The van der Waals surface area contributed by atoms with Crippen LogP contribution in [0.5, 0.6) is 5.75 Å². The number of hydrogen-bond acceptors (Lipinski definition) is 2. The lowest BCUT2D eigenvalue weighted by atomic mass is 9.87. The van der Waals surface area contributed by atoms with Crippen molar-refractivity contribution < 1.29 is 9.53 Å². The largest absolute Gasteiger partial charge is 0.484 e. The van der Waals surface area contributed by atoms with Crippen LogP contribution in [0.1, 0.15) is 31.9 Å². The van der Waals surface area contributed by atoms with E-state index in [1.165, 1.54) is 5.56 Å². The van der Waals surface area contributed by atoms with Crippen molar-refractivity contribution in [2.75, 3.05) is 11.9 Å². The van der Waals surface area contributed by atoms with Crippen molar-refractivity contribution in [1.82, 2.24) is 0 Å². The third-order valence-corrected chi connectivity index (χ3v) is 3.96. The summed E-state index contributed by atoms with van der Waals surface area (Å²) in [5.41, 5.74) is 3.00. The van der Waals surface area contributed by atoms with Gasteiger partial charge >= 0.3 is 0 Å². The Bertz CT molecular complexity index is 688. The molecule has 2 aromatic rings. The third kappa shape index (κ3) is 5.00. The second kappa shape index (κ2) is 7.05. The van der Waals surface area contributed by atoms with Gasteiger partial charge in [-0.2, -0.15) is 0 Å². The molecule has 1 N–H and O–H groups in total. The Morgan fingerprint density at radius 3 is 2.35 bits per heavy atom. The van der Waals surface area contributed by atoms with E-state index in [9.17, 15) is 4.79 Å². The van der Waals surface area contributed by atoms with E-state index in [2.05, 4.69) is 26.1 Å². The molecule has 0 aliphatic carbocycles. The molecular formula is C19H22ClNO2. The first kappa shape index (κ1) is 17.4. The van der Waals surface area contributed by atoms with Crippen LogP contribution in [-0.4, -0.2) is 12.5 Å². The summed E-state index contributed by atoms with van der Waals surface area (Å²) >= 11 is 5.96. The van der Waals surface area contributed by atoms with E-state index in [-0.39, 0.29) is 17.9 Å². The average Bonchev–Trinajstić information content (AvgIpc) is 2.48. The highest BCUT2D eigenvalue weighted by Crippen LogP contribution is 2.24. The van der Waals surface area contributed by atoms with E-state index < -0.39 is 0 Å². The van der Waals surface area contributed by atoms with Gasteiger partial charge in [-0.3, -0.25) is 4.79 Å². The highest BCUT2D eigenvalue weighted by atomic mass is 35.5. The minimum atomic E-state index is -0.193. The zero-order valence-electron chi connectivity index (χ0n) is 13.9. The number of carbonyl (C=O) groups excluding carboxylic acids is 1. The van der Waals surface area contributed by atoms with Crippen LogP contribution in [0.25, 0.3) is 0 Å².